The van der Waals surface area contributed by atoms with Crippen LogP contribution in [-0.2, 0) is 6.54 Å². The molecule has 19 heavy (non-hydrogen) atoms. The normalized spacial score (nSPS) is 12.6. The first-order valence-corrected chi connectivity index (χ1v) is 6.32. The van der Waals surface area contributed by atoms with Crippen LogP contribution in [0, 0.1) is 0 Å². The number of rotatable bonds is 3. The standard InChI is InChI=1S/C13H17N4O.ClH/c1-2-3-8-16-9-10-6-4-5-7-11(10)12-13(14)18-15-17(12)16;/h4-7H,2-3,8-9,14H2,1H3;1H/q+1;/p-1. The quantitative estimate of drug-likeness (QED) is 0.693. The molecule has 1 aromatic carbocycles. The molecule has 6 heteroatoms. The highest BCUT2D eigenvalue weighted by Crippen LogP contribution is 2.29. The third-order valence-corrected chi connectivity index (χ3v) is 3.31. The summed E-state index contributed by atoms with van der Waals surface area (Å²) in [5, 5.41) is 6.20. The van der Waals surface area contributed by atoms with Gasteiger partial charge in [0.25, 0.3) is 0 Å². The highest BCUT2D eigenvalue weighted by molar-refractivity contribution is 5.69. The number of nitrogens with zero attached hydrogens (tertiary/aromatic N) is 3. The molecule has 0 bridgehead atoms. The number of aromatic nitrogens is 2. The van der Waals surface area contributed by atoms with Gasteiger partial charge >= 0.3 is 11.6 Å². The molecule has 1 aliphatic heterocycles. The van der Waals surface area contributed by atoms with Crippen LogP contribution in [-0.4, -0.2) is 11.8 Å². The second-order valence-electron chi connectivity index (χ2n) is 4.57. The maximum absolute atomic E-state index is 5.89. The van der Waals surface area contributed by atoms with Crippen LogP contribution in [0.25, 0.3) is 11.3 Å². The summed E-state index contributed by atoms with van der Waals surface area (Å²) in [5.41, 5.74) is 9.14. The average Bonchev–Trinajstić information content (AvgIpc) is 2.79. The summed E-state index contributed by atoms with van der Waals surface area (Å²) < 4.78 is 5.13. The average molecular weight is 281 g/mol. The molecule has 0 aliphatic carbocycles. The number of nitrogens with two attached hydrogens (primary N) is 1. The number of hydrogen-bond donors (Lipinski definition) is 1. The van der Waals surface area contributed by atoms with Gasteiger partial charge in [0.2, 0.25) is 5.27 Å². The maximum atomic E-state index is 5.89. The van der Waals surface area contributed by atoms with Crippen LogP contribution in [0.4, 0.5) is 5.88 Å². The number of nitrogen functional groups attached to an aromatic ring is 1. The number of fused-ring (bicyclic) bond motifs is 3. The molecule has 102 valence electrons. The SMILES string of the molecule is CCCCN1Cc2ccccc2-c2c(N)on[n+]21.[Cl-]. The minimum Gasteiger partial charge on any atom is -1.00 e. The van der Waals surface area contributed by atoms with Crippen LogP contribution < -0.4 is 27.9 Å². The molecule has 2 heterocycles. The lowest BCUT2D eigenvalue weighted by atomic mass is 10.0. The number of unbranched alkanes of at least 4 members (excludes halogenated alkanes) is 1. The Balaban J connectivity index is 0.00000133. The van der Waals surface area contributed by atoms with E-state index in [9.17, 15) is 0 Å². The van der Waals surface area contributed by atoms with Crippen molar-refractivity contribution in [3.05, 3.63) is 29.8 Å². The molecule has 5 nitrogen and oxygen atoms in total. The number of benzene rings is 1. The minimum absolute atomic E-state index is 0. The van der Waals surface area contributed by atoms with Gasteiger partial charge in [-0.1, -0.05) is 31.5 Å². The van der Waals surface area contributed by atoms with Crippen LogP contribution in [0.5, 0.6) is 0 Å². The van der Waals surface area contributed by atoms with Crippen LogP contribution in [0.15, 0.2) is 28.8 Å². The van der Waals surface area contributed by atoms with Crippen molar-refractivity contribution in [2.75, 3.05) is 17.3 Å². The Morgan fingerprint density at radius 2 is 2.21 bits per heavy atom. The molecule has 0 saturated carbocycles. The topological polar surface area (TPSA) is 59.2 Å². The summed E-state index contributed by atoms with van der Waals surface area (Å²) in [4.78, 5) is 1.80. The van der Waals surface area contributed by atoms with Crippen LogP contribution in [0.1, 0.15) is 25.3 Å². The van der Waals surface area contributed by atoms with Crippen LogP contribution in [0.3, 0.4) is 0 Å². The molecular weight excluding hydrogens is 264 g/mol. The lowest BCUT2D eigenvalue weighted by Crippen LogP contribution is -3.00. The van der Waals surface area contributed by atoms with Gasteiger partial charge in [-0.2, -0.15) is 0 Å². The molecule has 3 rings (SSSR count). The Bertz CT molecular complexity index is 570. The van der Waals surface area contributed by atoms with Crippen molar-refractivity contribution in [3.63, 3.8) is 0 Å². The molecule has 0 saturated heterocycles. The van der Waals surface area contributed by atoms with Gasteiger partial charge in [-0.05, 0) is 18.1 Å². The third kappa shape index (κ3) is 2.26. The van der Waals surface area contributed by atoms with Crippen molar-refractivity contribution in [1.82, 2.24) is 5.27 Å². The molecule has 0 amide bonds. The maximum Gasteiger partial charge on any atom is 0.338 e. The molecule has 0 spiro atoms. The first kappa shape index (κ1) is 13.7. The summed E-state index contributed by atoms with van der Waals surface area (Å²) in [6.07, 6.45) is 2.28. The zero-order chi connectivity index (χ0) is 12.5. The van der Waals surface area contributed by atoms with E-state index in [2.05, 4.69) is 35.4 Å². The van der Waals surface area contributed by atoms with Crippen molar-refractivity contribution in [2.24, 2.45) is 0 Å². The second kappa shape index (κ2) is 5.48. The van der Waals surface area contributed by atoms with E-state index >= 15 is 0 Å². The predicted molar refractivity (Wildman–Crippen MR) is 68.2 cm³/mol. The van der Waals surface area contributed by atoms with Crippen LogP contribution >= 0.6 is 0 Å². The summed E-state index contributed by atoms with van der Waals surface area (Å²) in [6.45, 7) is 3.98. The van der Waals surface area contributed by atoms with E-state index in [1.165, 1.54) is 5.56 Å². The number of hydrogen-bond acceptors (Lipinski definition) is 4. The lowest BCUT2D eigenvalue weighted by molar-refractivity contribution is -0.752. The van der Waals surface area contributed by atoms with E-state index in [1.807, 2.05) is 6.07 Å². The zero-order valence-electron chi connectivity index (χ0n) is 10.8. The van der Waals surface area contributed by atoms with Gasteiger partial charge in [0.05, 0.1) is 16.9 Å². The molecule has 2 aromatic rings. The fourth-order valence-electron chi connectivity index (χ4n) is 2.37. The molecular formula is C13H17ClN4O. The minimum atomic E-state index is 0. The third-order valence-electron chi connectivity index (χ3n) is 3.31. The molecule has 1 aromatic heterocycles. The Labute approximate surface area is 118 Å². The summed E-state index contributed by atoms with van der Waals surface area (Å²) in [6, 6.07) is 8.25. The van der Waals surface area contributed by atoms with E-state index in [0.717, 1.165) is 37.2 Å². The second-order valence-corrected chi connectivity index (χ2v) is 4.57. The smallest absolute Gasteiger partial charge is 0.338 e. The van der Waals surface area contributed by atoms with Crippen molar-refractivity contribution in [2.45, 2.75) is 26.3 Å². The van der Waals surface area contributed by atoms with E-state index in [0.29, 0.717) is 5.88 Å². The van der Waals surface area contributed by atoms with Gasteiger partial charge in [-0.15, -0.1) is 5.01 Å². The largest absolute Gasteiger partial charge is 1.00 e. The first-order valence-electron chi connectivity index (χ1n) is 6.32. The fraction of sp³-hybridized carbons (Fsp3) is 0.385. The van der Waals surface area contributed by atoms with Crippen LogP contribution in [0.2, 0.25) is 0 Å². The molecule has 2 N–H and O–H groups in total. The van der Waals surface area contributed by atoms with Gasteiger partial charge in [0.15, 0.2) is 0 Å². The predicted octanol–water partition coefficient (Wildman–Crippen LogP) is -1.53. The van der Waals surface area contributed by atoms with Gasteiger partial charge in [-0.25, -0.2) is 0 Å². The van der Waals surface area contributed by atoms with Crippen molar-refractivity contribution < 1.29 is 21.7 Å². The highest BCUT2D eigenvalue weighted by Gasteiger charge is 2.36. The van der Waals surface area contributed by atoms with Crippen molar-refractivity contribution in [1.29, 1.82) is 0 Å². The van der Waals surface area contributed by atoms with Crippen molar-refractivity contribution in [3.8, 4) is 11.3 Å². The Morgan fingerprint density at radius 3 is 3.00 bits per heavy atom. The van der Waals surface area contributed by atoms with Gasteiger partial charge in [0, 0.05) is 0 Å². The number of anilines is 1. The Hall–Kier alpha value is -1.75. The fourth-order valence-corrected chi connectivity index (χ4v) is 2.37. The molecule has 0 fully saturated rings. The molecule has 0 unspecified atom stereocenters. The van der Waals surface area contributed by atoms with Gasteiger partial charge in [0.1, 0.15) is 6.54 Å². The van der Waals surface area contributed by atoms with E-state index in [4.69, 9.17) is 10.3 Å². The first-order chi connectivity index (χ1) is 8.81. The van der Waals surface area contributed by atoms with Crippen molar-refractivity contribution >= 4 is 5.88 Å². The number of halogens is 1. The summed E-state index contributed by atoms with van der Waals surface area (Å²) in [7, 11) is 0. The molecule has 1 aliphatic rings. The zero-order valence-corrected chi connectivity index (χ0v) is 11.6. The Kier molecular flexibility index (Phi) is 3.95. The van der Waals surface area contributed by atoms with E-state index in [-0.39, 0.29) is 12.4 Å². The van der Waals surface area contributed by atoms with E-state index < -0.39 is 0 Å². The summed E-state index contributed by atoms with van der Waals surface area (Å²) in [5.74, 6) is 0.378. The van der Waals surface area contributed by atoms with Gasteiger partial charge < -0.3 is 18.1 Å². The molecule has 0 radical (unpaired) electrons. The monoisotopic (exact) mass is 280 g/mol. The lowest BCUT2D eigenvalue weighted by Gasteiger charge is -2.20. The highest BCUT2D eigenvalue weighted by atomic mass is 35.5. The Morgan fingerprint density at radius 1 is 1.42 bits per heavy atom. The molecule has 0 atom stereocenters. The van der Waals surface area contributed by atoms with Gasteiger partial charge in [-0.3, -0.25) is 4.52 Å². The summed E-state index contributed by atoms with van der Waals surface area (Å²) >= 11 is 0. The van der Waals surface area contributed by atoms with E-state index in [1.54, 1.807) is 4.79 Å².